The van der Waals surface area contributed by atoms with Crippen molar-refractivity contribution < 1.29 is 9.53 Å². The maximum Gasteiger partial charge on any atom is 0.204 e. The van der Waals surface area contributed by atoms with Crippen molar-refractivity contribution in [3.8, 4) is 0 Å². The van der Waals surface area contributed by atoms with E-state index in [0.29, 0.717) is 0 Å². The van der Waals surface area contributed by atoms with Gasteiger partial charge in [-0.25, -0.2) is 0 Å². The van der Waals surface area contributed by atoms with Gasteiger partial charge in [0.15, 0.2) is 6.10 Å². The van der Waals surface area contributed by atoms with E-state index in [0.717, 1.165) is 22.4 Å². The molecule has 0 saturated carbocycles. The standard InChI is InChI=1S/C18H14O2/c1-11-13-7-3-2-6-12(13)10-16-14-8-4-5-9-15(14)17(19)18(11)20-16/h2-11,18H,1H3. The van der Waals surface area contributed by atoms with Crippen molar-refractivity contribution in [3.63, 3.8) is 0 Å². The first kappa shape index (κ1) is 11.5. The van der Waals surface area contributed by atoms with Gasteiger partial charge in [-0.05, 0) is 17.2 Å². The van der Waals surface area contributed by atoms with Crippen LogP contribution in [0.1, 0.15) is 39.9 Å². The minimum atomic E-state index is -0.417. The number of fused-ring (bicyclic) bond motifs is 5. The molecule has 2 aromatic rings. The van der Waals surface area contributed by atoms with Gasteiger partial charge in [0.25, 0.3) is 0 Å². The van der Waals surface area contributed by atoms with Gasteiger partial charge in [0.05, 0.1) is 0 Å². The van der Waals surface area contributed by atoms with Crippen molar-refractivity contribution in [2.45, 2.75) is 18.9 Å². The van der Waals surface area contributed by atoms with Crippen LogP contribution in [0.15, 0.2) is 48.5 Å². The molecule has 0 radical (unpaired) electrons. The molecule has 2 unspecified atom stereocenters. The Hall–Kier alpha value is -2.35. The summed E-state index contributed by atoms with van der Waals surface area (Å²) < 4.78 is 5.99. The number of Topliss-reactive ketones (excluding diaryl/α,β-unsaturated/α-hetero) is 1. The number of ketones is 1. The smallest absolute Gasteiger partial charge is 0.204 e. The lowest BCUT2D eigenvalue weighted by atomic mass is 9.87. The van der Waals surface area contributed by atoms with Crippen LogP contribution < -0.4 is 0 Å². The first-order chi connectivity index (χ1) is 9.75. The van der Waals surface area contributed by atoms with Gasteiger partial charge in [0.1, 0.15) is 5.76 Å². The molecule has 2 bridgehead atoms. The van der Waals surface area contributed by atoms with Gasteiger partial charge < -0.3 is 4.74 Å². The number of hydrogen-bond acceptors (Lipinski definition) is 2. The van der Waals surface area contributed by atoms with Crippen LogP contribution in [0.5, 0.6) is 0 Å². The van der Waals surface area contributed by atoms with E-state index in [-0.39, 0.29) is 11.7 Å². The average molecular weight is 262 g/mol. The van der Waals surface area contributed by atoms with Crippen LogP contribution in [0.4, 0.5) is 0 Å². The molecule has 2 atom stereocenters. The number of rotatable bonds is 0. The second-order valence-electron chi connectivity index (χ2n) is 5.37. The molecule has 0 saturated heterocycles. The summed E-state index contributed by atoms with van der Waals surface area (Å²) >= 11 is 0. The van der Waals surface area contributed by atoms with E-state index in [1.165, 1.54) is 5.56 Å². The first-order valence-electron chi connectivity index (χ1n) is 6.86. The van der Waals surface area contributed by atoms with Crippen LogP contribution in [-0.4, -0.2) is 11.9 Å². The third-order valence-electron chi connectivity index (χ3n) is 4.20. The Bertz CT molecular complexity index is 743. The molecule has 20 heavy (non-hydrogen) atoms. The van der Waals surface area contributed by atoms with Gasteiger partial charge in [0, 0.05) is 17.0 Å². The zero-order valence-electron chi connectivity index (χ0n) is 11.2. The summed E-state index contributed by atoms with van der Waals surface area (Å²) in [7, 11) is 0. The molecule has 4 rings (SSSR count). The maximum atomic E-state index is 12.6. The molecule has 0 amide bonds. The summed E-state index contributed by atoms with van der Waals surface area (Å²) in [6.45, 7) is 2.06. The quantitative estimate of drug-likeness (QED) is 0.720. The number of carbonyl (C=O) groups excluding carboxylic acids is 1. The van der Waals surface area contributed by atoms with E-state index in [1.54, 1.807) is 0 Å². The molecule has 0 spiro atoms. The van der Waals surface area contributed by atoms with E-state index in [4.69, 9.17) is 4.74 Å². The van der Waals surface area contributed by atoms with E-state index >= 15 is 0 Å². The summed E-state index contributed by atoms with van der Waals surface area (Å²) in [5.74, 6) is 0.949. The van der Waals surface area contributed by atoms with Gasteiger partial charge in [0.2, 0.25) is 5.78 Å². The fourth-order valence-electron chi connectivity index (χ4n) is 3.12. The highest BCUT2D eigenvalue weighted by Crippen LogP contribution is 2.40. The van der Waals surface area contributed by atoms with Crippen molar-refractivity contribution in [1.29, 1.82) is 0 Å². The molecule has 2 aromatic carbocycles. The fraction of sp³-hybridized carbons (Fsp3) is 0.167. The molecule has 0 aromatic heterocycles. The highest BCUT2D eigenvalue weighted by molar-refractivity contribution is 6.08. The van der Waals surface area contributed by atoms with Crippen LogP contribution in [0, 0.1) is 0 Å². The van der Waals surface area contributed by atoms with Crippen LogP contribution >= 0.6 is 0 Å². The van der Waals surface area contributed by atoms with E-state index in [1.807, 2.05) is 36.4 Å². The summed E-state index contributed by atoms with van der Waals surface area (Å²) in [6.07, 6.45) is 1.64. The van der Waals surface area contributed by atoms with Crippen molar-refractivity contribution in [1.82, 2.24) is 0 Å². The fourth-order valence-corrected chi connectivity index (χ4v) is 3.12. The van der Waals surface area contributed by atoms with Gasteiger partial charge in [-0.3, -0.25) is 4.79 Å². The molecule has 2 nitrogen and oxygen atoms in total. The minimum Gasteiger partial charge on any atom is -0.481 e. The summed E-state index contributed by atoms with van der Waals surface area (Å²) in [5.41, 5.74) is 3.99. The molecule has 2 heterocycles. The Morgan fingerprint density at radius 3 is 2.50 bits per heavy atom. The van der Waals surface area contributed by atoms with Gasteiger partial charge >= 0.3 is 0 Å². The first-order valence-corrected chi connectivity index (χ1v) is 6.86. The summed E-state index contributed by atoms with van der Waals surface area (Å²) in [4.78, 5) is 12.6. The lowest BCUT2D eigenvalue weighted by Crippen LogP contribution is -2.33. The Balaban J connectivity index is 2.02. The molecular formula is C18H14O2. The molecule has 2 heteroatoms. The van der Waals surface area contributed by atoms with Gasteiger partial charge in [-0.2, -0.15) is 0 Å². The number of benzene rings is 2. The largest absolute Gasteiger partial charge is 0.481 e. The Morgan fingerprint density at radius 1 is 0.950 bits per heavy atom. The maximum absolute atomic E-state index is 12.6. The average Bonchev–Trinajstić information content (AvgIpc) is 2.62. The molecule has 0 N–H and O–H groups in total. The Morgan fingerprint density at radius 2 is 1.65 bits per heavy atom. The number of carbonyl (C=O) groups is 1. The van der Waals surface area contributed by atoms with E-state index in [2.05, 4.69) is 25.1 Å². The number of hydrogen-bond donors (Lipinski definition) is 0. The van der Waals surface area contributed by atoms with E-state index < -0.39 is 6.10 Å². The Labute approximate surface area is 117 Å². The van der Waals surface area contributed by atoms with Crippen molar-refractivity contribution >= 4 is 17.6 Å². The monoisotopic (exact) mass is 262 g/mol. The predicted molar refractivity (Wildman–Crippen MR) is 78.4 cm³/mol. The highest BCUT2D eigenvalue weighted by atomic mass is 16.5. The third-order valence-corrected chi connectivity index (χ3v) is 4.20. The van der Waals surface area contributed by atoms with E-state index in [9.17, 15) is 4.79 Å². The highest BCUT2D eigenvalue weighted by Gasteiger charge is 2.38. The second-order valence-corrected chi connectivity index (χ2v) is 5.37. The second kappa shape index (κ2) is 4.07. The topological polar surface area (TPSA) is 26.3 Å². The molecule has 0 fully saturated rings. The molecule has 2 aliphatic rings. The molecule has 2 aliphatic heterocycles. The lowest BCUT2D eigenvalue weighted by Gasteiger charge is -2.29. The predicted octanol–water partition coefficient (Wildman–Crippen LogP) is 3.88. The summed E-state index contributed by atoms with van der Waals surface area (Å²) in [6, 6.07) is 15.9. The normalized spacial score (nSPS) is 23.1. The summed E-state index contributed by atoms with van der Waals surface area (Å²) in [5, 5.41) is 0. The van der Waals surface area contributed by atoms with Crippen molar-refractivity contribution in [3.05, 3.63) is 70.8 Å². The van der Waals surface area contributed by atoms with Gasteiger partial charge in [-0.15, -0.1) is 0 Å². The minimum absolute atomic E-state index is 0.0563. The zero-order valence-corrected chi connectivity index (χ0v) is 11.2. The third kappa shape index (κ3) is 1.48. The lowest BCUT2D eigenvalue weighted by molar-refractivity contribution is 0.0675. The zero-order chi connectivity index (χ0) is 13.7. The Kier molecular flexibility index (Phi) is 2.34. The van der Waals surface area contributed by atoms with Crippen LogP contribution in [0.2, 0.25) is 0 Å². The van der Waals surface area contributed by atoms with Gasteiger partial charge in [-0.1, -0.05) is 55.5 Å². The van der Waals surface area contributed by atoms with Crippen LogP contribution in [-0.2, 0) is 4.74 Å². The van der Waals surface area contributed by atoms with Crippen molar-refractivity contribution in [2.75, 3.05) is 0 Å². The SMILES string of the molecule is CC1c2ccccc2C=C2OC1C(=O)c1ccccc12. The van der Waals surface area contributed by atoms with Crippen LogP contribution in [0.25, 0.3) is 11.8 Å². The molecule has 98 valence electrons. The molecular weight excluding hydrogens is 248 g/mol. The molecule has 0 aliphatic carbocycles. The van der Waals surface area contributed by atoms with Crippen LogP contribution in [0.3, 0.4) is 0 Å². The van der Waals surface area contributed by atoms with Crippen molar-refractivity contribution in [2.24, 2.45) is 0 Å². The number of ether oxygens (including phenoxy) is 1.